The Morgan fingerprint density at radius 3 is 2.47 bits per heavy atom. The van der Waals surface area contributed by atoms with E-state index in [9.17, 15) is 9.59 Å². The van der Waals surface area contributed by atoms with Crippen LogP contribution in [0.4, 0.5) is 0 Å². The number of benzene rings is 2. The SMILES string of the molecule is COCCN(CC(=O)N1N=C(c2ccc(OC)cc2)C[C@@H]1c1ccccc1)C(=O)c1cccs1. The first-order valence-electron chi connectivity index (χ1n) is 11.0. The highest BCUT2D eigenvalue weighted by atomic mass is 32.1. The second kappa shape index (κ2) is 11.1. The van der Waals surface area contributed by atoms with E-state index in [1.165, 1.54) is 21.2 Å². The van der Waals surface area contributed by atoms with Gasteiger partial charge in [-0.3, -0.25) is 9.59 Å². The zero-order valence-corrected chi connectivity index (χ0v) is 20.0. The second-order valence-corrected chi connectivity index (χ2v) is 8.79. The molecule has 1 aliphatic heterocycles. The first-order valence-corrected chi connectivity index (χ1v) is 11.9. The summed E-state index contributed by atoms with van der Waals surface area (Å²) in [7, 11) is 3.20. The molecule has 2 amide bonds. The van der Waals surface area contributed by atoms with Crippen LogP contribution in [0.5, 0.6) is 5.75 Å². The molecule has 1 aromatic heterocycles. The van der Waals surface area contributed by atoms with Crippen LogP contribution in [0.15, 0.2) is 77.2 Å². The molecule has 0 radical (unpaired) electrons. The van der Waals surface area contributed by atoms with Crippen molar-refractivity contribution in [1.82, 2.24) is 9.91 Å². The maximum atomic E-state index is 13.5. The van der Waals surface area contributed by atoms with E-state index >= 15 is 0 Å². The quantitative estimate of drug-likeness (QED) is 0.463. The number of hydrogen-bond donors (Lipinski definition) is 0. The van der Waals surface area contributed by atoms with E-state index < -0.39 is 0 Å². The number of nitrogens with zero attached hydrogens (tertiary/aromatic N) is 3. The molecule has 0 saturated carbocycles. The predicted molar refractivity (Wildman–Crippen MR) is 132 cm³/mol. The third kappa shape index (κ3) is 5.35. The van der Waals surface area contributed by atoms with Crippen LogP contribution in [0, 0.1) is 0 Å². The third-order valence-electron chi connectivity index (χ3n) is 5.68. The summed E-state index contributed by atoms with van der Waals surface area (Å²) in [4.78, 5) is 28.7. The van der Waals surface area contributed by atoms with E-state index in [1.807, 2.05) is 66.0 Å². The lowest BCUT2D eigenvalue weighted by atomic mass is 9.98. The number of carbonyl (C=O) groups is 2. The van der Waals surface area contributed by atoms with Gasteiger partial charge in [-0.25, -0.2) is 5.01 Å². The van der Waals surface area contributed by atoms with Gasteiger partial charge in [0.15, 0.2) is 0 Å². The van der Waals surface area contributed by atoms with E-state index in [0.29, 0.717) is 24.4 Å². The monoisotopic (exact) mass is 477 g/mol. The Kier molecular flexibility index (Phi) is 7.72. The number of hydrazone groups is 1. The van der Waals surface area contributed by atoms with Gasteiger partial charge in [-0.05, 0) is 46.8 Å². The molecule has 1 aliphatic rings. The summed E-state index contributed by atoms with van der Waals surface area (Å²) in [5.41, 5.74) is 2.75. The number of thiophene rings is 1. The zero-order valence-electron chi connectivity index (χ0n) is 19.2. The minimum atomic E-state index is -0.244. The molecule has 0 bridgehead atoms. The van der Waals surface area contributed by atoms with E-state index in [-0.39, 0.29) is 24.4 Å². The average molecular weight is 478 g/mol. The van der Waals surface area contributed by atoms with Gasteiger partial charge in [0.05, 0.1) is 30.3 Å². The molecule has 0 fully saturated rings. The van der Waals surface area contributed by atoms with Gasteiger partial charge in [0, 0.05) is 20.1 Å². The predicted octanol–water partition coefficient (Wildman–Crippen LogP) is 4.22. The Bertz CT molecular complexity index is 1130. The van der Waals surface area contributed by atoms with E-state index in [4.69, 9.17) is 14.6 Å². The van der Waals surface area contributed by atoms with Crippen molar-refractivity contribution in [3.8, 4) is 5.75 Å². The number of ether oxygens (including phenoxy) is 2. The maximum absolute atomic E-state index is 13.5. The number of rotatable bonds is 9. The van der Waals surface area contributed by atoms with Crippen LogP contribution < -0.4 is 4.74 Å². The molecular weight excluding hydrogens is 450 g/mol. The van der Waals surface area contributed by atoms with Gasteiger partial charge in [-0.1, -0.05) is 36.4 Å². The van der Waals surface area contributed by atoms with Gasteiger partial charge in [0.1, 0.15) is 12.3 Å². The fraction of sp³-hybridized carbons (Fsp3) is 0.269. The van der Waals surface area contributed by atoms with Gasteiger partial charge in [-0.2, -0.15) is 5.10 Å². The van der Waals surface area contributed by atoms with Crippen molar-refractivity contribution in [2.45, 2.75) is 12.5 Å². The highest BCUT2D eigenvalue weighted by Crippen LogP contribution is 2.33. The van der Waals surface area contributed by atoms with Crippen LogP contribution in [-0.2, 0) is 9.53 Å². The summed E-state index contributed by atoms with van der Waals surface area (Å²) >= 11 is 1.36. The Labute approximate surface area is 203 Å². The minimum absolute atomic E-state index is 0.0805. The Morgan fingerprint density at radius 1 is 1.06 bits per heavy atom. The molecule has 176 valence electrons. The molecule has 0 N–H and O–H groups in total. The highest BCUT2D eigenvalue weighted by Gasteiger charge is 2.34. The number of amides is 2. The minimum Gasteiger partial charge on any atom is -0.497 e. The fourth-order valence-corrected chi connectivity index (χ4v) is 4.57. The zero-order chi connectivity index (χ0) is 23.9. The van der Waals surface area contributed by atoms with Crippen LogP contribution in [0.2, 0.25) is 0 Å². The summed E-state index contributed by atoms with van der Waals surface area (Å²) < 4.78 is 10.4. The normalized spacial score (nSPS) is 15.2. The lowest BCUT2D eigenvalue weighted by Crippen LogP contribution is -2.42. The summed E-state index contributed by atoms with van der Waals surface area (Å²) in [5.74, 6) is 0.337. The summed E-state index contributed by atoms with van der Waals surface area (Å²) in [6.07, 6.45) is 0.582. The van der Waals surface area contributed by atoms with Crippen molar-refractivity contribution in [2.75, 3.05) is 33.9 Å². The second-order valence-electron chi connectivity index (χ2n) is 7.84. The number of carbonyl (C=O) groups excluding carboxylic acids is 2. The first kappa shape index (κ1) is 23.7. The summed E-state index contributed by atoms with van der Waals surface area (Å²) in [6.45, 7) is 0.577. The molecule has 0 aliphatic carbocycles. The van der Waals surface area contributed by atoms with Crippen molar-refractivity contribution < 1.29 is 19.1 Å². The molecule has 34 heavy (non-hydrogen) atoms. The molecular formula is C26H27N3O4S. The van der Waals surface area contributed by atoms with Crippen molar-refractivity contribution in [2.24, 2.45) is 5.10 Å². The van der Waals surface area contributed by atoms with Crippen molar-refractivity contribution in [3.05, 3.63) is 88.1 Å². The molecule has 0 saturated heterocycles. The average Bonchev–Trinajstić information content (AvgIpc) is 3.57. The molecule has 8 heteroatoms. The molecule has 3 aromatic rings. The number of methoxy groups -OCH3 is 2. The van der Waals surface area contributed by atoms with Crippen LogP contribution in [0.3, 0.4) is 0 Å². The van der Waals surface area contributed by atoms with Crippen LogP contribution >= 0.6 is 11.3 Å². The fourth-order valence-electron chi connectivity index (χ4n) is 3.88. The molecule has 2 heterocycles. The molecule has 4 rings (SSSR count). The maximum Gasteiger partial charge on any atom is 0.264 e. The van der Waals surface area contributed by atoms with Crippen molar-refractivity contribution in [1.29, 1.82) is 0 Å². The number of hydrogen-bond acceptors (Lipinski definition) is 6. The van der Waals surface area contributed by atoms with Crippen LogP contribution in [0.25, 0.3) is 0 Å². The largest absolute Gasteiger partial charge is 0.497 e. The smallest absolute Gasteiger partial charge is 0.264 e. The van der Waals surface area contributed by atoms with Gasteiger partial charge in [-0.15, -0.1) is 11.3 Å². The highest BCUT2D eigenvalue weighted by molar-refractivity contribution is 7.12. The van der Waals surface area contributed by atoms with Crippen LogP contribution in [0.1, 0.15) is 33.3 Å². The van der Waals surface area contributed by atoms with Crippen molar-refractivity contribution in [3.63, 3.8) is 0 Å². The first-order chi connectivity index (χ1) is 16.6. The van der Waals surface area contributed by atoms with E-state index in [0.717, 1.165) is 22.6 Å². The Balaban J connectivity index is 1.60. The van der Waals surface area contributed by atoms with Gasteiger partial charge >= 0.3 is 0 Å². The van der Waals surface area contributed by atoms with Crippen LogP contribution in [-0.4, -0.2) is 61.4 Å². The third-order valence-corrected chi connectivity index (χ3v) is 6.54. The lowest BCUT2D eigenvalue weighted by molar-refractivity contribution is -0.133. The Morgan fingerprint density at radius 2 is 1.82 bits per heavy atom. The van der Waals surface area contributed by atoms with Gasteiger partial charge in [0.2, 0.25) is 0 Å². The molecule has 0 unspecified atom stereocenters. The van der Waals surface area contributed by atoms with Gasteiger partial charge in [0.25, 0.3) is 11.8 Å². The van der Waals surface area contributed by atoms with Gasteiger partial charge < -0.3 is 14.4 Å². The lowest BCUT2D eigenvalue weighted by Gasteiger charge is -2.26. The molecule has 1 atom stereocenters. The summed E-state index contributed by atoms with van der Waals surface area (Å²) in [5, 5.41) is 8.09. The Hall–Kier alpha value is -3.49. The molecule has 7 nitrogen and oxygen atoms in total. The molecule has 2 aromatic carbocycles. The van der Waals surface area contributed by atoms with E-state index in [1.54, 1.807) is 20.3 Å². The standard InChI is InChI=1S/C26H27N3O4S/c1-32-15-14-28(26(31)24-9-6-16-34-24)18-25(30)29-23(20-7-4-3-5-8-20)17-22(27-29)19-10-12-21(33-2)13-11-19/h3-13,16,23H,14-15,17-18H2,1-2H3/t23-/m1/s1. The summed E-state index contributed by atoms with van der Waals surface area (Å²) in [6, 6.07) is 20.8. The topological polar surface area (TPSA) is 71.4 Å². The van der Waals surface area contributed by atoms with E-state index in [2.05, 4.69) is 0 Å². The molecule has 0 spiro atoms. The van der Waals surface area contributed by atoms with Crippen molar-refractivity contribution >= 4 is 28.9 Å².